The molecule has 0 saturated carbocycles. The van der Waals surface area contributed by atoms with Gasteiger partial charge in [-0.3, -0.25) is 4.79 Å². The minimum Gasteiger partial charge on any atom is -0.298 e. The van der Waals surface area contributed by atoms with Gasteiger partial charge in [-0.05, 0) is 6.42 Å². The molecule has 0 aromatic rings. The molecular weight excluding hydrogens is 148 g/mol. The predicted molar refractivity (Wildman–Crippen MR) is 55.1 cm³/mol. The number of hydrogen-bond acceptors (Lipinski definition) is 1. The van der Waals surface area contributed by atoms with Crippen LogP contribution in [-0.4, -0.2) is 6.29 Å². The van der Waals surface area contributed by atoms with Gasteiger partial charge < -0.3 is 0 Å². The van der Waals surface area contributed by atoms with E-state index in [1.807, 2.05) is 20.8 Å². The molecule has 0 rings (SSSR count). The van der Waals surface area contributed by atoms with Gasteiger partial charge in [0.15, 0.2) is 0 Å². The monoisotopic (exact) mass is 166 g/mol. The van der Waals surface area contributed by atoms with E-state index >= 15 is 0 Å². The molecule has 0 aliphatic carbocycles. The number of aldehydes is 1. The lowest BCUT2D eigenvalue weighted by molar-refractivity contribution is -0.104. The maximum Gasteiger partial charge on any atom is 0.149 e. The number of allylic oxidation sites excluding steroid dienone is 4. The Labute approximate surface area is 75.5 Å². The molecule has 0 bridgehead atoms. The van der Waals surface area contributed by atoms with Crippen molar-refractivity contribution in [2.24, 2.45) is 0 Å². The summed E-state index contributed by atoms with van der Waals surface area (Å²) >= 11 is 0. The fraction of sp³-hybridized carbons (Fsp3) is 0.364. The smallest absolute Gasteiger partial charge is 0.149 e. The third-order valence-corrected chi connectivity index (χ3v) is 1.14. The highest BCUT2D eigenvalue weighted by Crippen LogP contribution is 1.99. The average Bonchev–Trinajstić information content (AvgIpc) is 2.16. The number of rotatable bonds is 4. The zero-order valence-corrected chi connectivity index (χ0v) is 8.26. The van der Waals surface area contributed by atoms with Crippen LogP contribution < -0.4 is 0 Å². The molecule has 12 heavy (non-hydrogen) atoms. The fourth-order valence-electron chi connectivity index (χ4n) is 0.382. The van der Waals surface area contributed by atoms with Gasteiger partial charge in [0.1, 0.15) is 6.29 Å². The molecule has 0 aliphatic rings. The van der Waals surface area contributed by atoms with Crippen molar-refractivity contribution in [3.63, 3.8) is 0 Å². The molecular formula is C11H18O. The summed E-state index contributed by atoms with van der Waals surface area (Å²) in [4.78, 5) is 10.0. The van der Waals surface area contributed by atoms with Crippen molar-refractivity contribution in [3.05, 3.63) is 36.5 Å². The predicted octanol–water partition coefficient (Wildman–Crippen LogP) is 3.29. The lowest BCUT2D eigenvalue weighted by Gasteiger charge is -1.89. The molecule has 0 aromatic carbocycles. The SMILES string of the molecule is C=C(C=O)/C=C\C(=C)CC.CC. The zero-order valence-electron chi connectivity index (χ0n) is 8.26. The van der Waals surface area contributed by atoms with E-state index in [0.29, 0.717) is 5.57 Å². The molecule has 0 unspecified atom stereocenters. The third kappa shape index (κ3) is 8.89. The summed E-state index contributed by atoms with van der Waals surface area (Å²) in [6.07, 6.45) is 5.09. The van der Waals surface area contributed by atoms with E-state index in [-0.39, 0.29) is 0 Å². The van der Waals surface area contributed by atoms with Crippen LogP contribution in [0.5, 0.6) is 0 Å². The standard InChI is InChI=1S/C9H12O.C2H6/c1-4-8(2)5-6-9(3)7-10;1-2/h5-7H,2-4H2,1H3;1-2H3/b6-5-;. The van der Waals surface area contributed by atoms with Gasteiger partial charge in [-0.25, -0.2) is 0 Å². The van der Waals surface area contributed by atoms with Gasteiger partial charge in [-0.1, -0.05) is 51.7 Å². The first kappa shape index (κ1) is 13.5. The highest BCUT2D eigenvalue weighted by Gasteiger charge is 1.83. The molecule has 1 heteroatoms. The Kier molecular flexibility index (Phi) is 11.1. The summed E-state index contributed by atoms with van der Waals surface area (Å²) in [5, 5.41) is 0. The maximum atomic E-state index is 10.0. The lowest BCUT2D eigenvalue weighted by atomic mass is 10.2. The number of carbonyl (C=O) groups excluding carboxylic acids is 1. The van der Waals surface area contributed by atoms with Crippen LogP contribution in [0.1, 0.15) is 27.2 Å². The van der Waals surface area contributed by atoms with Crippen molar-refractivity contribution >= 4 is 6.29 Å². The van der Waals surface area contributed by atoms with E-state index in [2.05, 4.69) is 13.2 Å². The van der Waals surface area contributed by atoms with Crippen molar-refractivity contribution in [1.82, 2.24) is 0 Å². The third-order valence-electron chi connectivity index (χ3n) is 1.14. The first-order valence-corrected chi connectivity index (χ1v) is 4.20. The first-order chi connectivity index (χ1) is 5.70. The minimum absolute atomic E-state index is 0.481. The molecule has 0 aliphatic heterocycles. The van der Waals surface area contributed by atoms with Gasteiger partial charge >= 0.3 is 0 Å². The van der Waals surface area contributed by atoms with E-state index < -0.39 is 0 Å². The summed E-state index contributed by atoms with van der Waals surface area (Å²) in [5.41, 5.74) is 1.48. The van der Waals surface area contributed by atoms with Gasteiger partial charge in [-0.15, -0.1) is 0 Å². The quantitative estimate of drug-likeness (QED) is 0.356. The molecule has 0 saturated heterocycles. The van der Waals surface area contributed by atoms with E-state index in [1.165, 1.54) is 0 Å². The summed E-state index contributed by atoms with van der Waals surface area (Å²) in [5.74, 6) is 0. The largest absolute Gasteiger partial charge is 0.298 e. The molecule has 0 N–H and O–H groups in total. The fourth-order valence-corrected chi connectivity index (χ4v) is 0.382. The van der Waals surface area contributed by atoms with Crippen molar-refractivity contribution in [3.8, 4) is 0 Å². The van der Waals surface area contributed by atoms with Crippen LogP contribution in [0.3, 0.4) is 0 Å². The maximum absolute atomic E-state index is 10.0. The van der Waals surface area contributed by atoms with E-state index in [4.69, 9.17) is 0 Å². The average molecular weight is 166 g/mol. The van der Waals surface area contributed by atoms with Crippen molar-refractivity contribution in [2.45, 2.75) is 27.2 Å². The van der Waals surface area contributed by atoms with Crippen molar-refractivity contribution < 1.29 is 4.79 Å². The van der Waals surface area contributed by atoms with E-state index in [1.54, 1.807) is 12.2 Å². The first-order valence-electron chi connectivity index (χ1n) is 4.20. The van der Waals surface area contributed by atoms with Gasteiger partial charge in [0.2, 0.25) is 0 Å². The number of carbonyl (C=O) groups is 1. The second kappa shape index (κ2) is 9.89. The Morgan fingerprint density at radius 1 is 1.25 bits per heavy atom. The molecule has 0 heterocycles. The molecule has 0 amide bonds. The Hall–Kier alpha value is -1.11. The van der Waals surface area contributed by atoms with Crippen molar-refractivity contribution in [2.75, 3.05) is 0 Å². The topological polar surface area (TPSA) is 17.1 Å². The van der Waals surface area contributed by atoms with E-state index in [0.717, 1.165) is 18.3 Å². The van der Waals surface area contributed by atoms with Crippen LogP contribution in [-0.2, 0) is 4.79 Å². The molecule has 0 radical (unpaired) electrons. The van der Waals surface area contributed by atoms with Crippen LogP contribution in [0.25, 0.3) is 0 Å². The van der Waals surface area contributed by atoms with Crippen LogP contribution in [0.15, 0.2) is 36.5 Å². The van der Waals surface area contributed by atoms with Gasteiger partial charge in [0, 0.05) is 5.57 Å². The van der Waals surface area contributed by atoms with Crippen LogP contribution in [0.2, 0.25) is 0 Å². The Morgan fingerprint density at radius 3 is 2.08 bits per heavy atom. The normalized spacial score (nSPS) is 8.58. The second-order valence-electron chi connectivity index (χ2n) is 2.04. The second-order valence-corrected chi connectivity index (χ2v) is 2.04. The van der Waals surface area contributed by atoms with E-state index in [9.17, 15) is 4.79 Å². The van der Waals surface area contributed by atoms with Crippen molar-refractivity contribution in [1.29, 1.82) is 0 Å². The molecule has 0 atom stereocenters. The highest BCUT2D eigenvalue weighted by atomic mass is 16.1. The lowest BCUT2D eigenvalue weighted by Crippen LogP contribution is -1.75. The van der Waals surface area contributed by atoms with Gasteiger partial charge in [0.25, 0.3) is 0 Å². The van der Waals surface area contributed by atoms with Crippen LogP contribution in [0, 0.1) is 0 Å². The molecule has 0 aromatic heterocycles. The summed E-state index contributed by atoms with van der Waals surface area (Å²) in [6, 6.07) is 0. The Bertz CT molecular complexity index is 175. The van der Waals surface area contributed by atoms with Crippen LogP contribution in [0.4, 0.5) is 0 Å². The Morgan fingerprint density at radius 2 is 1.75 bits per heavy atom. The molecule has 0 spiro atoms. The minimum atomic E-state index is 0.481. The van der Waals surface area contributed by atoms with Gasteiger partial charge in [0.05, 0.1) is 0 Å². The summed E-state index contributed by atoms with van der Waals surface area (Å²) < 4.78 is 0. The molecule has 1 nitrogen and oxygen atoms in total. The molecule has 68 valence electrons. The molecule has 0 fully saturated rings. The summed E-state index contributed by atoms with van der Waals surface area (Å²) in [6.45, 7) is 13.2. The van der Waals surface area contributed by atoms with Crippen LogP contribution >= 0.6 is 0 Å². The zero-order chi connectivity index (χ0) is 9.98. The Balaban J connectivity index is 0. The van der Waals surface area contributed by atoms with Gasteiger partial charge in [-0.2, -0.15) is 0 Å². The highest BCUT2D eigenvalue weighted by molar-refractivity contribution is 5.76. The summed E-state index contributed by atoms with van der Waals surface area (Å²) in [7, 11) is 0. The number of hydrogen-bond donors (Lipinski definition) is 0.